The zero-order valence-electron chi connectivity index (χ0n) is 7.98. The summed E-state index contributed by atoms with van der Waals surface area (Å²) in [6.07, 6.45) is -1.41. The Morgan fingerprint density at radius 2 is 1.83 bits per heavy atom. The van der Waals surface area contributed by atoms with Crippen LogP contribution in [0.2, 0.25) is 0 Å². The van der Waals surface area contributed by atoms with Crippen LogP contribution in [0.4, 0.5) is 8.78 Å². The van der Waals surface area contributed by atoms with Crippen molar-refractivity contribution in [3.05, 3.63) is 0 Å². The minimum atomic E-state index is -2.35. The van der Waals surface area contributed by atoms with Gasteiger partial charge in [-0.2, -0.15) is 0 Å². The van der Waals surface area contributed by atoms with E-state index in [2.05, 4.69) is 0 Å². The van der Waals surface area contributed by atoms with Crippen molar-refractivity contribution in [2.24, 2.45) is 11.3 Å². The number of rotatable bonds is 2. The van der Waals surface area contributed by atoms with E-state index in [1.165, 1.54) is 0 Å². The molecular weight excluding hydrogens is 162 g/mol. The van der Waals surface area contributed by atoms with Crippen LogP contribution in [-0.2, 0) is 0 Å². The molecule has 0 bridgehead atoms. The lowest BCUT2D eigenvalue weighted by Crippen LogP contribution is -2.44. The lowest BCUT2D eigenvalue weighted by atomic mass is 9.63. The Morgan fingerprint density at radius 1 is 1.42 bits per heavy atom. The van der Waals surface area contributed by atoms with E-state index in [4.69, 9.17) is 5.11 Å². The summed E-state index contributed by atoms with van der Waals surface area (Å²) in [6, 6.07) is 0. The van der Waals surface area contributed by atoms with Crippen LogP contribution in [0.3, 0.4) is 0 Å². The SMILES string of the molecule is CC.CC1CC(CO)(C(F)F)C1. The van der Waals surface area contributed by atoms with Gasteiger partial charge < -0.3 is 5.11 Å². The number of aliphatic hydroxyl groups excluding tert-OH is 1. The van der Waals surface area contributed by atoms with Gasteiger partial charge in [0.15, 0.2) is 0 Å². The average molecular weight is 180 g/mol. The molecule has 1 N–H and O–H groups in total. The van der Waals surface area contributed by atoms with E-state index in [1.807, 2.05) is 20.8 Å². The molecule has 0 aliphatic heterocycles. The van der Waals surface area contributed by atoms with Crippen LogP contribution in [0, 0.1) is 11.3 Å². The van der Waals surface area contributed by atoms with E-state index in [0.717, 1.165) is 0 Å². The second-order valence-electron chi connectivity index (χ2n) is 3.33. The Labute approximate surface area is 72.8 Å². The van der Waals surface area contributed by atoms with Gasteiger partial charge in [0, 0.05) is 0 Å². The van der Waals surface area contributed by atoms with Crippen LogP contribution in [0.1, 0.15) is 33.6 Å². The predicted octanol–water partition coefficient (Wildman–Crippen LogP) is 2.69. The molecule has 74 valence electrons. The van der Waals surface area contributed by atoms with Crippen LogP contribution in [0.5, 0.6) is 0 Å². The maximum absolute atomic E-state index is 12.1. The summed E-state index contributed by atoms with van der Waals surface area (Å²) in [4.78, 5) is 0. The lowest BCUT2D eigenvalue weighted by Gasteiger charge is -2.44. The number of aliphatic hydroxyl groups is 1. The maximum Gasteiger partial charge on any atom is 0.246 e. The minimum absolute atomic E-state index is 0.362. The smallest absolute Gasteiger partial charge is 0.246 e. The van der Waals surface area contributed by atoms with Crippen LogP contribution >= 0.6 is 0 Å². The molecule has 0 atom stereocenters. The number of halogens is 2. The molecule has 0 unspecified atom stereocenters. The highest BCUT2D eigenvalue weighted by atomic mass is 19.3. The van der Waals surface area contributed by atoms with Gasteiger partial charge in [0.25, 0.3) is 0 Å². The first kappa shape index (κ1) is 11.8. The summed E-state index contributed by atoms with van der Waals surface area (Å²) in [7, 11) is 0. The molecule has 0 heterocycles. The molecule has 0 amide bonds. The van der Waals surface area contributed by atoms with Gasteiger partial charge >= 0.3 is 0 Å². The molecule has 1 rings (SSSR count). The van der Waals surface area contributed by atoms with E-state index in [-0.39, 0.29) is 6.61 Å². The molecule has 0 aromatic rings. The topological polar surface area (TPSA) is 20.2 Å². The van der Waals surface area contributed by atoms with Gasteiger partial charge in [-0.05, 0) is 18.8 Å². The van der Waals surface area contributed by atoms with Gasteiger partial charge in [-0.15, -0.1) is 0 Å². The molecule has 12 heavy (non-hydrogen) atoms. The van der Waals surface area contributed by atoms with E-state index in [1.54, 1.807) is 0 Å². The maximum atomic E-state index is 12.1. The minimum Gasteiger partial charge on any atom is -0.396 e. The average Bonchev–Trinajstić information content (AvgIpc) is 2.01. The Hall–Kier alpha value is -0.180. The lowest BCUT2D eigenvalue weighted by molar-refractivity contribution is -0.117. The largest absolute Gasteiger partial charge is 0.396 e. The van der Waals surface area contributed by atoms with Crippen molar-refractivity contribution in [3.8, 4) is 0 Å². The highest BCUT2D eigenvalue weighted by Crippen LogP contribution is 2.49. The summed E-state index contributed by atoms with van der Waals surface area (Å²) in [6.45, 7) is 5.56. The van der Waals surface area contributed by atoms with Gasteiger partial charge in [0.1, 0.15) is 0 Å². The highest BCUT2D eigenvalue weighted by Gasteiger charge is 2.48. The van der Waals surface area contributed by atoms with Crippen molar-refractivity contribution in [3.63, 3.8) is 0 Å². The van der Waals surface area contributed by atoms with Crippen molar-refractivity contribution >= 4 is 0 Å². The van der Waals surface area contributed by atoms with E-state index < -0.39 is 11.8 Å². The molecule has 1 aliphatic carbocycles. The van der Waals surface area contributed by atoms with Crippen LogP contribution in [0.15, 0.2) is 0 Å². The van der Waals surface area contributed by atoms with Gasteiger partial charge in [0.2, 0.25) is 6.43 Å². The fourth-order valence-corrected chi connectivity index (χ4v) is 1.70. The molecular formula is C9H18F2O. The molecule has 0 aromatic heterocycles. The van der Waals surface area contributed by atoms with Crippen LogP contribution in [0.25, 0.3) is 0 Å². The molecule has 0 radical (unpaired) electrons. The Bertz CT molecular complexity index is 120. The second kappa shape index (κ2) is 4.75. The fraction of sp³-hybridized carbons (Fsp3) is 1.00. The molecule has 1 aliphatic rings. The monoisotopic (exact) mass is 180 g/mol. The van der Waals surface area contributed by atoms with Gasteiger partial charge in [0.05, 0.1) is 12.0 Å². The Morgan fingerprint density at radius 3 is 1.92 bits per heavy atom. The third-order valence-corrected chi connectivity index (χ3v) is 2.29. The predicted molar refractivity (Wildman–Crippen MR) is 45.3 cm³/mol. The summed E-state index contributed by atoms with van der Waals surface area (Å²) >= 11 is 0. The molecule has 0 spiro atoms. The van der Waals surface area contributed by atoms with Gasteiger partial charge in [-0.1, -0.05) is 20.8 Å². The summed E-state index contributed by atoms with van der Waals surface area (Å²) in [5, 5.41) is 8.64. The third-order valence-electron chi connectivity index (χ3n) is 2.29. The zero-order valence-corrected chi connectivity index (χ0v) is 7.98. The zero-order chi connectivity index (χ0) is 9.78. The number of hydrogen-bond acceptors (Lipinski definition) is 1. The van der Waals surface area contributed by atoms with Crippen molar-refractivity contribution < 1.29 is 13.9 Å². The number of alkyl halides is 2. The van der Waals surface area contributed by atoms with E-state index in [0.29, 0.717) is 18.8 Å². The van der Waals surface area contributed by atoms with Crippen LogP contribution < -0.4 is 0 Å². The summed E-state index contributed by atoms with van der Waals surface area (Å²) in [5.41, 5.74) is -1.04. The fourth-order valence-electron chi connectivity index (χ4n) is 1.70. The standard InChI is InChI=1S/C7H12F2O.C2H6/c1-5-2-7(3-5,4-10)6(8)9;1-2/h5-6,10H,2-4H2,1H3;1-2H3. The second-order valence-corrected chi connectivity index (χ2v) is 3.33. The molecule has 1 nitrogen and oxygen atoms in total. The van der Waals surface area contributed by atoms with E-state index >= 15 is 0 Å². The van der Waals surface area contributed by atoms with Crippen molar-refractivity contribution in [2.75, 3.05) is 6.61 Å². The molecule has 0 saturated heterocycles. The number of hydrogen-bond donors (Lipinski definition) is 1. The quantitative estimate of drug-likeness (QED) is 0.692. The first-order valence-electron chi connectivity index (χ1n) is 4.50. The normalized spacial score (nSPS) is 33.8. The molecule has 3 heteroatoms. The summed E-state index contributed by atoms with van der Waals surface area (Å²) < 4.78 is 24.3. The van der Waals surface area contributed by atoms with Crippen molar-refractivity contribution in [1.29, 1.82) is 0 Å². The first-order chi connectivity index (χ1) is 5.60. The Kier molecular flexibility index (Phi) is 4.68. The van der Waals surface area contributed by atoms with Crippen molar-refractivity contribution in [1.82, 2.24) is 0 Å². The first-order valence-corrected chi connectivity index (χ1v) is 4.50. The van der Waals surface area contributed by atoms with Gasteiger partial charge in [-0.3, -0.25) is 0 Å². The molecule has 1 fully saturated rings. The molecule has 1 saturated carbocycles. The molecule has 0 aromatic carbocycles. The summed E-state index contributed by atoms with van der Waals surface area (Å²) in [5.74, 6) is 0.362. The third kappa shape index (κ3) is 2.16. The highest BCUT2D eigenvalue weighted by molar-refractivity contribution is 4.93. The van der Waals surface area contributed by atoms with Crippen LogP contribution in [-0.4, -0.2) is 18.1 Å². The van der Waals surface area contributed by atoms with Crippen molar-refractivity contribution in [2.45, 2.75) is 40.0 Å². The van der Waals surface area contributed by atoms with Gasteiger partial charge in [-0.25, -0.2) is 8.78 Å². The Balaban J connectivity index is 0.000000561. The van der Waals surface area contributed by atoms with E-state index in [9.17, 15) is 8.78 Å².